The molecule has 0 aliphatic carbocycles. The summed E-state index contributed by atoms with van der Waals surface area (Å²) in [6, 6.07) is 6.13. The third-order valence-corrected chi connectivity index (χ3v) is 4.91. The zero-order chi connectivity index (χ0) is 19.3. The normalized spacial score (nSPS) is 10.3. The van der Waals surface area contributed by atoms with Crippen LogP contribution in [0.25, 0.3) is 0 Å². The molecule has 1 aromatic heterocycles. The zero-order valence-electron chi connectivity index (χ0n) is 14.6. The predicted molar refractivity (Wildman–Crippen MR) is 100 cm³/mol. The number of nitrogens with one attached hydrogen (secondary N) is 1. The Hall–Kier alpha value is -2.38. The number of carbonyl (C=O) groups excluding carboxylic acids is 3. The van der Waals surface area contributed by atoms with Gasteiger partial charge in [0.25, 0.3) is 5.91 Å². The second-order valence-corrected chi connectivity index (χ2v) is 7.00. The van der Waals surface area contributed by atoms with Crippen LogP contribution in [0.5, 0.6) is 0 Å². The van der Waals surface area contributed by atoms with Gasteiger partial charge in [-0.2, -0.15) is 0 Å². The lowest BCUT2D eigenvalue weighted by Gasteiger charge is -2.08. The van der Waals surface area contributed by atoms with Crippen LogP contribution in [-0.4, -0.2) is 31.1 Å². The molecular formula is C18H18ClNO5S. The lowest BCUT2D eigenvalue weighted by atomic mass is 10.1. The molecule has 2 rings (SSSR count). The number of amides is 1. The second-order valence-electron chi connectivity index (χ2n) is 5.34. The molecule has 0 bridgehead atoms. The summed E-state index contributed by atoms with van der Waals surface area (Å²) < 4.78 is 10.0. The minimum absolute atomic E-state index is 0.235. The summed E-state index contributed by atoms with van der Waals surface area (Å²) in [7, 11) is 0. The molecule has 1 aromatic carbocycles. The van der Waals surface area contributed by atoms with Crippen molar-refractivity contribution in [2.75, 3.05) is 18.5 Å². The molecular weight excluding hydrogens is 378 g/mol. The molecule has 8 heteroatoms. The summed E-state index contributed by atoms with van der Waals surface area (Å²) in [4.78, 5) is 37.0. The number of esters is 2. The van der Waals surface area contributed by atoms with E-state index in [1.165, 1.54) is 23.5 Å². The van der Waals surface area contributed by atoms with Gasteiger partial charge in [-0.05, 0) is 50.6 Å². The summed E-state index contributed by atoms with van der Waals surface area (Å²) in [5, 5.41) is 3.48. The van der Waals surface area contributed by atoms with Crippen LogP contribution in [0.4, 0.5) is 5.00 Å². The van der Waals surface area contributed by atoms with Crippen molar-refractivity contribution in [1.29, 1.82) is 0 Å². The van der Waals surface area contributed by atoms with E-state index in [0.29, 0.717) is 15.6 Å². The van der Waals surface area contributed by atoms with Crippen LogP contribution in [0.1, 0.15) is 38.1 Å². The smallest absolute Gasteiger partial charge is 0.341 e. The highest BCUT2D eigenvalue weighted by Gasteiger charge is 2.22. The molecule has 0 aliphatic rings. The molecule has 6 nitrogen and oxygen atoms in total. The summed E-state index contributed by atoms with van der Waals surface area (Å²) in [6.45, 7) is 5.10. The summed E-state index contributed by atoms with van der Waals surface area (Å²) in [6.07, 6.45) is 0. The molecule has 1 N–H and O–H groups in total. The maximum atomic E-state index is 12.1. The molecule has 1 amide bonds. The molecule has 26 heavy (non-hydrogen) atoms. The number of aryl methyl sites for hydroxylation is 1. The van der Waals surface area contributed by atoms with Gasteiger partial charge in [-0.3, -0.25) is 4.79 Å². The first-order valence-corrected chi connectivity index (χ1v) is 9.02. The predicted octanol–water partition coefficient (Wildman–Crippen LogP) is 3.99. The van der Waals surface area contributed by atoms with Crippen molar-refractivity contribution in [3.63, 3.8) is 0 Å². The van der Waals surface area contributed by atoms with Crippen molar-refractivity contribution >= 4 is 45.8 Å². The van der Waals surface area contributed by atoms with Gasteiger partial charge in [0.2, 0.25) is 0 Å². The quantitative estimate of drug-likeness (QED) is 0.748. The van der Waals surface area contributed by atoms with Gasteiger partial charge in [-0.1, -0.05) is 11.6 Å². The molecule has 0 aliphatic heterocycles. The van der Waals surface area contributed by atoms with Gasteiger partial charge in [-0.25, -0.2) is 9.59 Å². The molecule has 1 heterocycles. The minimum Gasteiger partial charge on any atom is -0.462 e. The highest BCUT2D eigenvalue weighted by atomic mass is 35.5. The Kier molecular flexibility index (Phi) is 6.76. The van der Waals surface area contributed by atoms with Gasteiger partial charge in [0, 0.05) is 9.90 Å². The molecule has 2 aromatic rings. The number of hydrogen-bond donors (Lipinski definition) is 1. The highest BCUT2D eigenvalue weighted by Crippen LogP contribution is 2.33. The first-order valence-electron chi connectivity index (χ1n) is 7.83. The molecule has 0 spiro atoms. The van der Waals surface area contributed by atoms with Crippen LogP contribution in [0, 0.1) is 13.8 Å². The van der Waals surface area contributed by atoms with Gasteiger partial charge < -0.3 is 14.8 Å². The van der Waals surface area contributed by atoms with Crippen molar-refractivity contribution in [3.8, 4) is 0 Å². The Bertz CT molecular complexity index is 829. The van der Waals surface area contributed by atoms with E-state index in [1.54, 1.807) is 26.0 Å². The first kappa shape index (κ1) is 19.9. The van der Waals surface area contributed by atoms with Crippen LogP contribution in [0.2, 0.25) is 5.02 Å². The Morgan fingerprint density at radius 2 is 1.73 bits per heavy atom. The van der Waals surface area contributed by atoms with Crippen molar-refractivity contribution in [2.24, 2.45) is 0 Å². The number of benzene rings is 1. The van der Waals surface area contributed by atoms with Crippen molar-refractivity contribution < 1.29 is 23.9 Å². The molecule has 0 radical (unpaired) electrons. The van der Waals surface area contributed by atoms with E-state index in [4.69, 9.17) is 21.1 Å². The second kappa shape index (κ2) is 8.82. The average molecular weight is 396 g/mol. The standard InChI is InChI=1S/C18H18ClNO5S/c1-4-24-18(23)15-10(2)11(3)26-16(15)20-14(21)9-25-17(22)12-5-7-13(19)8-6-12/h5-8H,4,9H2,1-3H3,(H,20,21). The van der Waals surface area contributed by atoms with Crippen molar-refractivity contribution in [2.45, 2.75) is 20.8 Å². The Morgan fingerprint density at radius 1 is 1.08 bits per heavy atom. The van der Waals surface area contributed by atoms with Crippen LogP contribution >= 0.6 is 22.9 Å². The number of carbonyl (C=O) groups is 3. The average Bonchev–Trinajstić information content (AvgIpc) is 2.87. The Morgan fingerprint density at radius 3 is 2.35 bits per heavy atom. The van der Waals surface area contributed by atoms with Crippen LogP contribution < -0.4 is 5.32 Å². The first-order chi connectivity index (χ1) is 12.3. The van der Waals surface area contributed by atoms with Crippen LogP contribution in [0.3, 0.4) is 0 Å². The molecule has 0 saturated heterocycles. The van der Waals surface area contributed by atoms with Gasteiger partial charge in [0.15, 0.2) is 6.61 Å². The monoisotopic (exact) mass is 395 g/mol. The Balaban J connectivity index is 2.01. The van der Waals surface area contributed by atoms with E-state index in [1.807, 2.05) is 6.92 Å². The lowest BCUT2D eigenvalue weighted by Crippen LogP contribution is -2.21. The van der Waals surface area contributed by atoms with Crippen molar-refractivity contribution in [3.05, 3.63) is 50.9 Å². The number of ether oxygens (including phenoxy) is 2. The molecule has 0 unspecified atom stereocenters. The highest BCUT2D eigenvalue weighted by molar-refractivity contribution is 7.16. The largest absolute Gasteiger partial charge is 0.462 e. The van der Waals surface area contributed by atoms with Crippen LogP contribution in [0.15, 0.2) is 24.3 Å². The third kappa shape index (κ3) is 4.83. The number of thiophene rings is 1. The summed E-state index contributed by atoms with van der Waals surface area (Å²) in [5.74, 6) is -1.68. The van der Waals surface area contributed by atoms with Gasteiger partial charge in [-0.15, -0.1) is 11.3 Å². The van der Waals surface area contributed by atoms with E-state index in [0.717, 1.165) is 10.4 Å². The van der Waals surface area contributed by atoms with Crippen LogP contribution in [-0.2, 0) is 14.3 Å². The minimum atomic E-state index is -0.638. The van der Waals surface area contributed by atoms with Gasteiger partial charge >= 0.3 is 11.9 Å². The molecule has 0 atom stereocenters. The van der Waals surface area contributed by atoms with E-state index in [2.05, 4.69) is 5.32 Å². The molecule has 0 fully saturated rings. The third-order valence-electron chi connectivity index (χ3n) is 3.53. The molecule has 138 valence electrons. The van der Waals surface area contributed by atoms with E-state index >= 15 is 0 Å². The van der Waals surface area contributed by atoms with Gasteiger partial charge in [0.1, 0.15) is 5.00 Å². The van der Waals surface area contributed by atoms with Gasteiger partial charge in [0.05, 0.1) is 17.7 Å². The maximum absolute atomic E-state index is 12.1. The van der Waals surface area contributed by atoms with E-state index in [-0.39, 0.29) is 12.2 Å². The van der Waals surface area contributed by atoms with Crippen molar-refractivity contribution in [1.82, 2.24) is 0 Å². The number of rotatable bonds is 6. The fourth-order valence-electron chi connectivity index (χ4n) is 2.13. The Labute approximate surface area is 160 Å². The summed E-state index contributed by atoms with van der Waals surface area (Å²) in [5.41, 5.74) is 1.37. The number of hydrogen-bond acceptors (Lipinski definition) is 6. The topological polar surface area (TPSA) is 81.7 Å². The fourth-order valence-corrected chi connectivity index (χ4v) is 3.32. The maximum Gasteiger partial charge on any atom is 0.341 e. The van der Waals surface area contributed by atoms with E-state index < -0.39 is 24.5 Å². The summed E-state index contributed by atoms with van der Waals surface area (Å²) >= 11 is 7.03. The zero-order valence-corrected chi connectivity index (χ0v) is 16.1. The number of anilines is 1. The lowest BCUT2D eigenvalue weighted by molar-refractivity contribution is -0.119. The SMILES string of the molecule is CCOC(=O)c1c(NC(=O)COC(=O)c2ccc(Cl)cc2)sc(C)c1C. The fraction of sp³-hybridized carbons (Fsp3) is 0.278. The van der Waals surface area contributed by atoms with E-state index in [9.17, 15) is 14.4 Å². The number of halogens is 1. The molecule has 0 saturated carbocycles.